The van der Waals surface area contributed by atoms with Gasteiger partial charge in [-0.05, 0) is 32.1 Å². The molecule has 0 saturated carbocycles. The van der Waals surface area contributed by atoms with Gasteiger partial charge in [0, 0.05) is 13.7 Å². The van der Waals surface area contributed by atoms with Crippen LogP contribution >= 0.6 is 0 Å². The van der Waals surface area contributed by atoms with Crippen molar-refractivity contribution in [2.45, 2.75) is 135 Å². The second-order valence-electron chi connectivity index (χ2n) is 8.89. The van der Waals surface area contributed by atoms with Crippen LogP contribution in [0, 0.1) is 0 Å². The second kappa shape index (κ2) is 26.7. The first-order chi connectivity index (χ1) is 14.8. The first-order valence-electron chi connectivity index (χ1n) is 13.2. The Morgan fingerprint density at radius 1 is 0.600 bits per heavy atom. The van der Waals surface area contributed by atoms with Crippen LogP contribution < -0.4 is 0 Å². The molecule has 0 aliphatic heterocycles. The first kappa shape index (κ1) is 29.6. The number of methoxy groups -OCH3 is 1. The zero-order valence-electron chi connectivity index (χ0n) is 20.6. The quantitative estimate of drug-likeness (QED) is 0.119. The van der Waals surface area contributed by atoms with Crippen LogP contribution in [-0.2, 0) is 9.47 Å². The molecule has 0 rings (SSSR count). The molecule has 0 heterocycles. The molecule has 30 heavy (non-hydrogen) atoms. The Kier molecular flexibility index (Phi) is 26.3. The molecule has 0 aliphatic carbocycles. The largest absolute Gasteiger partial charge is 0.388 e. The topological polar surface area (TPSA) is 38.7 Å². The van der Waals surface area contributed by atoms with Gasteiger partial charge in [0.25, 0.3) is 0 Å². The number of aliphatic hydroxyl groups excluding tert-OH is 1. The zero-order chi connectivity index (χ0) is 22.0. The number of rotatable bonds is 25. The van der Waals surface area contributed by atoms with Gasteiger partial charge in [-0.2, -0.15) is 0 Å². The van der Waals surface area contributed by atoms with Crippen LogP contribution in [0.1, 0.15) is 129 Å². The van der Waals surface area contributed by atoms with Gasteiger partial charge < -0.3 is 14.6 Å². The lowest BCUT2D eigenvalue weighted by Crippen LogP contribution is -2.21. The molecule has 0 radical (unpaired) electrons. The van der Waals surface area contributed by atoms with Crippen LogP contribution in [0.25, 0.3) is 0 Å². The van der Waals surface area contributed by atoms with Crippen molar-refractivity contribution in [2.24, 2.45) is 0 Å². The first-order valence-corrected chi connectivity index (χ1v) is 13.2. The van der Waals surface area contributed by atoms with Gasteiger partial charge in [-0.15, -0.1) is 0 Å². The third-order valence-corrected chi connectivity index (χ3v) is 5.72. The van der Waals surface area contributed by atoms with E-state index in [1.807, 2.05) is 0 Å². The molecular weight excluding hydrogens is 372 g/mol. The van der Waals surface area contributed by atoms with Crippen molar-refractivity contribution in [3.8, 4) is 0 Å². The van der Waals surface area contributed by atoms with E-state index in [9.17, 15) is 5.11 Å². The molecule has 180 valence electrons. The van der Waals surface area contributed by atoms with E-state index in [2.05, 4.69) is 19.1 Å². The van der Waals surface area contributed by atoms with Crippen molar-refractivity contribution in [3.05, 3.63) is 12.2 Å². The third-order valence-electron chi connectivity index (χ3n) is 5.72. The average Bonchev–Trinajstić information content (AvgIpc) is 2.74. The molecule has 1 N–H and O–H groups in total. The normalized spacial score (nSPS) is 12.8. The molecule has 0 amide bonds. The lowest BCUT2D eigenvalue weighted by molar-refractivity contribution is -0.00684. The molecular formula is C27H54O3. The van der Waals surface area contributed by atoms with Gasteiger partial charge >= 0.3 is 0 Å². The number of aliphatic hydroxyl groups is 1. The van der Waals surface area contributed by atoms with E-state index in [-0.39, 0.29) is 0 Å². The number of unbranched alkanes of at least 4 members (excludes halogenated alkanes) is 17. The van der Waals surface area contributed by atoms with Gasteiger partial charge in [0.15, 0.2) is 0 Å². The molecule has 0 aliphatic rings. The van der Waals surface area contributed by atoms with Gasteiger partial charge in [-0.1, -0.05) is 109 Å². The Labute approximate surface area is 189 Å². The molecule has 1 atom stereocenters. The summed E-state index contributed by atoms with van der Waals surface area (Å²) in [6.07, 6.45) is 30.2. The summed E-state index contributed by atoms with van der Waals surface area (Å²) in [5.41, 5.74) is 0. The Balaban J connectivity index is 3.10. The smallest absolute Gasteiger partial charge is 0.101 e. The predicted molar refractivity (Wildman–Crippen MR) is 131 cm³/mol. The van der Waals surface area contributed by atoms with Gasteiger partial charge in [-0.3, -0.25) is 0 Å². The number of hydrogen-bond donors (Lipinski definition) is 1. The summed E-state index contributed by atoms with van der Waals surface area (Å²) in [5, 5.41) is 9.47. The van der Waals surface area contributed by atoms with Crippen molar-refractivity contribution in [2.75, 3.05) is 26.9 Å². The summed E-state index contributed by atoms with van der Waals surface area (Å²) in [6, 6.07) is 0. The van der Waals surface area contributed by atoms with Crippen LogP contribution in [0.15, 0.2) is 12.2 Å². The maximum Gasteiger partial charge on any atom is 0.101 e. The average molecular weight is 427 g/mol. The molecule has 0 aromatic carbocycles. The molecule has 0 fully saturated rings. The minimum atomic E-state index is -0.487. The highest BCUT2D eigenvalue weighted by molar-refractivity contribution is 4.81. The van der Waals surface area contributed by atoms with Gasteiger partial charge in [0.05, 0.1) is 13.2 Å². The van der Waals surface area contributed by atoms with Crippen LogP contribution in [0.5, 0.6) is 0 Å². The van der Waals surface area contributed by atoms with Gasteiger partial charge in [0.2, 0.25) is 0 Å². The van der Waals surface area contributed by atoms with Crippen LogP contribution in [0.2, 0.25) is 0 Å². The van der Waals surface area contributed by atoms with E-state index in [0.717, 1.165) is 13.0 Å². The molecule has 3 nitrogen and oxygen atoms in total. The minimum Gasteiger partial charge on any atom is -0.388 e. The molecule has 0 saturated heterocycles. The van der Waals surface area contributed by atoms with Crippen LogP contribution in [-0.4, -0.2) is 38.1 Å². The zero-order valence-corrected chi connectivity index (χ0v) is 20.6. The van der Waals surface area contributed by atoms with Crippen molar-refractivity contribution in [1.29, 1.82) is 0 Å². The number of ether oxygens (including phenoxy) is 2. The van der Waals surface area contributed by atoms with Crippen molar-refractivity contribution in [1.82, 2.24) is 0 Å². The van der Waals surface area contributed by atoms with E-state index >= 15 is 0 Å². The Morgan fingerprint density at radius 3 is 1.50 bits per heavy atom. The molecule has 0 spiro atoms. The van der Waals surface area contributed by atoms with Gasteiger partial charge in [-0.25, -0.2) is 0 Å². The van der Waals surface area contributed by atoms with Crippen molar-refractivity contribution >= 4 is 0 Å². The standard InChI is InChI=1S/C27H54O3/c1-3-4-5-6-7-8-9-10-11-12-13-14-15-16-17-18-19-20-21-22-23-24-30-26-27(28)25-29-2/h14-15,27-28H,3-13,16-26H2,1-2H3/t27-/m0/s1. The summed E-state index contributed by atoms with van der Waals surface area (Å²) in [6.45, 7) is 3.79. The molecule has 0 aromatic heterocycles. The van der Waals surface area contributed by atoms with E-state index in [1.165, 1.54) is 116 Å². The SMILES string of the molecule is CCCCCCCCCCCCC=CCCCCCCCCCOC[C@@H](O)COC. The monoisotopic (exact) mass is 426 g/mol. The predicted octanol–water partition coefficient (Wildman–Crippen LogP) is 8.00. The summed E-state index contributed by atoms with van der Waals surface area (Å²) in [7, 11) is 1.60. The van der Waals surface area contributed by atoms with Crippen LogP contribution in [0.4, 0.5) is 0 Å². The highest BCUT2D eigenvalue weighted by Gasteiger charge is 2.02. The Morgan fingerprint density at radius 2 is 1.03 bits per heavy atom. The Hall–Kier alpha value is -0.380. The van der Waals surface area contributed by atoms with Crippen molar-refractivity contribution in [3.63, 3.8) is 0 Å². The molecule has 0 unspecified atom stereocenters. The molecule has 0 bridgehead atoms. The number of hydrogen-bond acceptors (Lipinski definition) is 3. The fourth-order valence-electron chi connectivity index (χ4n) is 3.80. The summed E-state index contributed by atoms with van der Waals surface area (Å²) >= 11 is 0. The Bertz CT molecular complexity index is 330. The maximum atomic E-state index is 9.47. The fourth-order valence-corrected chi connectivity index (χ4v) is 3.80. The van der Waals surface area contributed by atoms with E-state index in [0.29, 0.717) is 13.2 Å². The van der Waals surface area contributed by atoms with Crippen LogP contribution in [0.3, 0.4) is 0 Å². The summed E-state index contributed by atoms with van der Waals surface area (Å²) < 4.78 is 10.3. The number of allylic oxidation sites excluding steroid dienone is 2. The maximum absolute atomic E-state index is 9.47. The van der Waals surface area contributed by atoms with E-state index in [1.54, 1.807) is 7.11 Å². The van der Waals surface area contributed by atoms with E-state index < -0.39 is 6.10 Å². The van der Waals surface area contributed by atoms with E-state index in [4.69, 9.17) is 9.47 Å². The summed E-state index contributed by atoms with van der Waals surface area (Å²) in [4.78, 5) is 0. The minimum absolute atomic E-state index is 0.356. The lowest BCUT2D eigenvalue weighted by atomic mass is 10.1. The lowest BCUT2D eigenvalue weighted by Gasteiger charge is -2.09. The van der Waals surface area contributed by atoms with Crippen molar-refractivity contribution < 1.29 is 14.6 Å². The fraction of sp³-hybridized carbons (Fsp3) is 0.926. The highest BCUT2D eigenvalue weighted by Crippen LogP contribution is 2.12. The second-order valence-corrected chi connectivity index (χ2v) is 8.89. The molecule has 0 aromatic rings. The highest BCUT2D eigenvalue weighted by atomic mass is 16.5. The van der Waals surface area contributed by atoms with Gasteiger partial charge in [0.1, 0.15) is 6.10 Å². The summed E-state index contributed by atoms with van der Waals surface area (Å²) in [5.74, 6) is 0. The third kappa shape index (κ3) is 25.7. The molecule has 3 heteroatoms.